The Labute approximate surface area is 167 Å². The Morgan fingerprint density at radius 3 is 2.39 bits per heavy atom. The first-order chi connectivity index (χ1) is 13.7. The van der Waals surface area contributed by atoms with Gasteiger partial charge in [-0.25, -0.2) is 4.79 Å². The third kappa shape index (κ3) is 4.88. The Bertz CT molecular complexity index is 773. The van der Waals surface area contributed by atoms with Gasteiger partial charge in [0.25, 0.3) is 0 Å². The van der Waals surface area contributed by atoms with Crippen LogP contribution in [0.15, 0.2) is 48.5 Å². The number of amides is 2. The van der Waals surface area contributed by atoms with E-state index in [0.717, 1.165) is 42.3 Å². The van der Waals surface area contributed by atoms with Crippen molar-refractivity contribution in [2.24, 2.45) is 0 Å². The number of anilines is 1. The molecule has 0 spiro atoms. The smallest absolute Gasteiger partial charge is 0.317 e. The fourth-order valence-electron chi connectivity index (χ4n) is 3.47. The molecule has 6 heteroatoms. The molecule has 0 bridgehead atoms. The monoisotopic (exact) mass is 383 g/mol. The molecule has 0 saturated carbocycles. The van der Waals surface area contributed by atoms with Gasteiger partial charge in [-0.1, -0.05) is 30.3 Å². The number of carbonyl (C=O) groups excluding carboxylic acids is 1. The molecule has 0 atom stereocenters. The van der Waals surface area contributed by atoms with E-state index >= 15 is 0 Å². The summed E-state index contributed by atoms with van der Waals surface area (Å²) < 4.78 is 11.1. The number of rotatable bonds is 7. The molecule has 3 rings (SSSR count). The molecule has 0 aliphatic carbocycles. The lowest BCUT2D eigenvalue weighted by Gasteiger charge is -2.36. The molecule has 0 unspecified atom stereocenters. The highest BCUT2D eigenvalue weighted by molar-refractivity contribution is 5.74. The molecule has 1 fully saturated rings. The molecule has 0 radical (unpaired) electrons. The maximum absolute atomic E-state index is 12.5. The van der Waals surface area contributed by atoms with Crippen LogP contribution in [0.4, 0.5) is 10.5 Å². The number of piperazine rings is 1. The van der Waals surface area contributed by atoms with Crippen LogP contribution in [0, 0.1) is 0 Å². The zero-order chi connectivity index (χ0) is 19.8. The first-order valence-electron chi connectivity index (χ1n) is 9.84. The number of para-hydroxylation sites is 3. The van der Waals surface area contributed by atoms with E-state index in [0.29, 0.717) is 26.2 Å². The zero-order valence-electron chi connectivity index (χ0n) is 16.7. The molecular weight excluding hydrogens is 354 g/mol. The van der Waals surface area contributed by atoms with Crippen LogP contribution < -0.4 is 19.7 Å². The number of urea groups is 1. The lowest BCUT2D eigenvalue weighted by atomic mass is 10.1. The van der Waals surface area contributed by atoms with Crippen molar-refractivity contribution in [3.05, 3.63) is 54.1 Å². The predicted molar refractivity (Wildman–Crippen MR) is 111 cm³/mol. The summed E-state index contributed by atoms with van der Waals surface area (Å²) in [5.41, 5.74) is 2.20. The van der Waals surface area contributed by atoms with Crippen molar-refractivity contribution < 1.29 is 14.3 Å². The lowest BCUT2D eigenvalue weighted by molar-refractivity contribution is 0.194. The second-order valence-corrected chi connectivity index (χ2v) is 6.67. The van der Waals surface area contributed by atoms with Crippen LogP contribution in [-0.4, -0.2) is 57.4 Å². The van der Waals surface area contributed by atoms with Gasteiger partial charge < -0.3 is 24.6 Å². The summed E-state index contributed by atoms with van der Waals surface area (Å²) in [5, 5.41) is 3.03. The maximum Gasteiger partial charge on any atom is 0.317 e. The van der Waals surface area contributed by atoms with Crippen LogP contribution in [0.5, 0.6) is 11.5 Å². The average molecular weight is 383 g/mol. The van der Waals surface area contributed by atoms with Crippen LogP contribution in [0.3, 0.4) is 0 Å². The van der Waals surface area contributed by atoms with Crippen LogP contribution >= 0.6 is 0 Å². The van der Waals surface area contributed by atoms with Crippen molar-refractivity contribution in [2.45, 2.75) is 13.3 Å². The van der Waals surface area contributed by atoms with Gasteiger partial charge >= 0.3 is 6.03 Å². The second-order valence-electron chi connectivity index (χ2n) is 6.67. The molecule has 1 saturated heterocycles. The highest BCUT2D eigenvalue weighted by atomic mass is 16.5. The fraction of sp³-hybridized carbons (Fsp3) is 0.409. The summed E-state index contributed by atoms with van der Waals surface area (Å²) >= 11 is 0. The number of ether oxygens (including phenoxy) is 2. The molecular formula is C22H29N3O3. The number of methoxy groups -OCH3 is 1. The van der Waals surface area contributed by atoms with Gasteiger partial charge in [0, 0.05) is 32.7 Å². The Hall–Kier alpha value is -2.89. The summed E-state index contributed by atoms with van der Waals surface area (Å²) in [6.07, 6.45) is 0.747. The first-order valence-corrected chi connectivity index (χ1v) is 9.84. The minimum atomic E-state index is -0.00681. The molecule has 28 heavy (non-hydrogen) atoms. The van der Waals surface area contributed by atoms with Crippen LogP contribution in [0.2, 0.25) is 0 Å². The molecule has 1 aliphatic heterocycles. The number of benzene rings is 2. The molecule has 6 nitrogen and oxygen atoms in total. The Balaban J connectivity index is 1.48. The van der Waals surface area contributed by atoms with Gasteiger partial charge in [0.2, 0.25) is 0 Å². The van der Waals surface area contributed by atoms with E-state index in [9.17, 15) is 4.79 Å². The number of carbonyl (C=O) groups is 1. The van der Waals surface area contributed by atoms with E-state index in [2.05, 4.69) is 16.3 Å². The van der Waals surface area contributed by atoms with Gasteiger partial charge in [-0.3, -0.25) is 0 Å². The average Bonchev–Trinajstić information content (AvgIpc) is 2.75. The van der Waals surface area contributed by atoms with Crippen molar-refractivity contribution in [1.82, 2.24) is 10.2 Å². The second kappa shape index (κ2) is 9.88. The number of nitrogens with zero attached hydrogens (tertiary/aromatic N) is 2. The van der Waals surface area contributed by atoms with Crippen molar-refractivity contribution in [3.8, 4) is 11.5 Å². The summed E-state index contributed by atoms with van der Waals surface area (Å²) in [6, 6.07) is 16.0. The molecule has 1 aliphatic rings. The quantitative estimate of drug-likeness (QED) is 0.798. The first kappa shape index (κ1) is 19.9. The minimum Gasteiger partial charge on any atom is -0.496 e. The SMILES string of the molecule is CCOc1ccccc1N1CCN(C(=O)NCCc2ccccc2OC)CC1. The van der Waals surface area contributed by atoms with Crippen LogP contribution in [0.25, 0.3) is 0 Å². The molecule has 150 valence electrons. The van der Waals surface area contributed by atoms with E-state index in [1.165, 1.54) is 0 Å². The van der Waals surface area contributed by atoms with Gasteiger partial charge in [0.1, 0.15) is 11.5 Å². The standard InChI is InChI=1S/C22H29N3O3/c1-3-28-21-11-7-5-9-19(21)24-14-16-25(17-15-24)22(26)23-13-12-18-8-4-6-10-20(18)27-2/h4-11H,3,12-17H2,1-2H3,(H,23,26). The fourth-order valence-corrected chi connectivity index (χ4v) is 3.47. The van der Waals surface area contributed by atoms with Crippen LogP contribution in [-0.2, 0) is 6.42 Å². The maximum atomic E-state index is 12.5. The van der Waals surface area contributed by atoms with Gasteiger partial charge in [0.05, 0.1) is 19.4 Å². The lowest BCUT2D eigenvalue weighted by Crippen LogP contribution is -2.52. The summed E-state index contributed by atoms with van der Waals surface area (Å²) in [4.78, 5) is 16.7. The van der Waals surface area contributed by atoms with Crippen molar-refractivity contribution in [3.63, 3.8) is 0 Å². The normalized spacial score (nSPS) is 13.9. The third-order valence-corrected chi connectivity index (χ3v) is 4.94. The summed E-state index contributed by atoms with van der Waals surface area (Å²) in [5.74, 6) is 1.76. The zero-order valence-corrected chi connectivity index (χ0v) is 16.7. The van der Waals surface area contributed by atoms with E-state index < -0.39 is 0 Å². The van der Waals surface area contributed by atoms with E-state index in [4.69, 9.17) is 9.47 Å². The summed E-state index contributed by atoms with van der Waals surface area (Å²) in [7, 11) is 1.67. The largest absolute Gasteiger partial charge is 0.496 e. The van der Waals surface area contributed by atoms with E-state index in [1.54, 1.807) is 7.11 Å². The van der Waals surface area contributed by atoms with Gasteiger partial charge in [-0.15, -0.1) is 0 Å². The molecule has 1 N–H and O–H groups in total. The molecule has 0 aromatic heterocycles. The van der Waals surface area contributed by atoms with E-state index in [1.807, 2.05) is 54.3 Å². The Kier molecular flexibility index (Phi) is 7.00. The number of nitrogens with one attached hydrogen (secondary N) is 1. The third-order valence-electron chi connectivity index (χ3n) is 4.94. The highest BCUT2D eigenvalue weighted by Gasteiger charge is 2.22. The molecule has 2 aromatic rings. The van der Waals surface area contributed by atoms with Crippen molar-refractivity contribution >= 4 is 11.7 Å². The molecule has 1 heterocycles. The Morgan fingerprint density at radius 1 is 1.00 bits per heavy atom. The topological polar surface area (TPSA) is 54.0 Å². The van der Waals surface area contributed by atoms with Crippen molar-refractivity contribution in [2.75, 3.05) is 51.3 Å². The summed E-state index contributed by atoms with van der Waals surface area (Å²) in [6.45, 7) is 6.21. The minimum absolute atomic E-state index is 0.00681. The van der Waals surface area contributed by atoms with Gasteiger partial charge in [-0.05, 0) is 37.1 Å². The van der Waals surface area contributed by atoms with Crippen LogP contribution in [0.1, 0.15) is 12.5 Å². The van der Waals surface area contributed by atoms with Gasteiger partial charge in [0.15, 0.2) is 0 Å². The molecule has 2 amide bonds. The predicted octanol–water partition coefficient (Wildman–Crippen LogP) is 3.17. The number of hydrogen-bond acceptors (Lipinski definition) is 4. The number of hydrogen-bond donors (Lipinski definition) is 1. The van der Waals surface area contributed by atoms with E-state index in [-0.39, 0.29) is 6.03 Å². The highest BCUT2D eigenvalue weighted by Crippen LogP contribution is 2.28. The Morgan fingerprint density at radius 2 is 1.68 bits per heavy atom. The van der Waals surface area contributed by atoms with Gasteiger partial charge in [-0.2, -0.15) is 0 Å². The van der Waals surface area contributed by atoms with Crippen molar-refractivity contribution in [1.29, 1.82) is 0 Å². The molecule has 2 aromatic carbocycles.